The second-order valence-corrected chi connectivity index (χ2v) is 10.4. The molecule has 2 aromatic rings. The molecule has 0 radical (unpaired) electrons. The first-order valence-corrected chi connectivity index (χ1v) is 12.8. The lowest BCUT2D eigenvalue weighted by atomic mass is 10.2. The van der Waals surface area contributed by atoms with Crippen LogP contribution in [0.1, 0.15) is 30.1 Å². The summed E-state index contributed by atoms with van der Waals surface area (Å²) in [5.41, 5.74) is 0.756. The van der Waals surface area contributed by atoms with Gasteiger partial charge in [0, 0.05) is 23.7 Å². The third-order valence-corrected chi connectivity index (χ3v) is 7.91. The Morgan fingerprint density at radius 1 is 1.18 bits per heavy atom. The van der Waals surface area contributed by atoms with Crippen LogP contribution in [0.2, 0.25) is 0 Å². The van der Waals surface area contributed by atoms with Crippen molar-refractivity contribution in [3.8, 4) is 0 Å². The van der Waals surface area contributed by atoms with Crippen molar-refractivity contribution >= 4 is 50.9 Å². The van der Waals surface area contributed by atoms with Crippen molar-refractivity contribution in [3.05, 3.63) is 48.0 Å². The largest absolute Gasteiger partial charge is 0.462 e. The van der Waals surface area contributed by atoms with Crippen LogP contribution < -0.4 is 10.0 Å². The first kappa shape index (κ1) is 23.1. The maximum absolute atomic E-state index is 12.9. The Morgan fingerprint density at radius 3 is 2.67 bits per heavy atom. The molecule has 1 saturated heterocycles. The van der Waals surface area contributed by atoms with Gasteiger partial charge in [-0.25, -0.2) is 13.2 Å². The highest BCUT2D eigenvalue weighted by Gasteiger charge is 2.37. The van der Waals surface area contributed by atoms with E-state index >= 15 is 0 Å². The number of carbonyl (C=O) groups excluding carboxylic acids is 3. The molecule has 11 heteroatoms. The Labute approximate surface area is 195 Å². The Balaban J connectivity index is 1.52. The predicted octanol–water partition coefficient (Wildman–Crippen LogP) is 2.70. The lowest BCUT2D eigenvalue weighted by molar-refractivity contribution is -0.133. The van der Waals surface area contributed by atoms with Gasteiger partial charge in [-0.1, -0.05) is 6.07 Å². The number of ether oxygens (including phenoxy) is 1. The summed E-state index contributed by atoms with van der Waals surface area (Å²) < 4.78 is 33.2. The zero-order valence-corrected chi connectivity index (χ0v) is 19.5. The fourth-order valence-electron chi connectivity index (χ4n) is 3.66. The molecule has 2 aliphatic rings. The number of amides is 2. The quantitative estimate of drug-likeness (QED) is 0.473. The van der Waals surface area contributed by atoms with Gasteiger partial charge in [0.2, 0.25) is 11.8 Å². The average Bonchev–Trinajstić information content (AvgIpc) is 3.33. The number of likely N-dealkylation sites (tertiary alicyclic amines) is 1. The molecule has 2 aliphatic heterocycles. The average molecular weight is 490 g/mol. The standard InChI is InChI=1S/C22H23N3O6S2/c1-2-31-22(28)14-6-5-7-15(12-14)24-33(29,30)16-8-9-18-17(13-16)23-20(26)19(32-18)21(27)25-10-3-4-11-25/h5-9,12-13,19,24H,2-4,10-11H2,1H3,(H,23,26)/t19-/m1/s1. The lowest BCUT2D eigenvalue weighted by Gasteiger charge is -2.27. The molecule has 0 aliphatic carbocycles. The van der Waals surface area contributed by atoms with Gasteiger partial charge in [-0.3, -0.25) is 14.3 Å². The maximum atomic E-state index is 12.9. The Kier molecular flexibility index (Phi) is 6.61. The predicted molar refractivity (Wildman–Crippen MR) is 124 cm³/mol. The molecule has 9 nitrogen and oxygen atoms in total. The van der Waals surface area contributed by atoms with Crippen molar-refractivity contribution in [1.82, 2.24) is 4.90 Å². The zero-order chi connectivity index (χ0) is 23.6. The minimum Gasteiger partial charge on any atom is -0.462 e. The monoisotopic (exact) mass is 489 g/mol. The molecule has 4 rings (SSSR count). The topological polar surface area (TPSA) is 122 Å². The fourth-order valence-corrected chi connectivity index (χ4v) is 5.79. The Bertz CT molecular complexity index is 1210. The van der Waals surface area contributed by atoms with Gasteiger partial charge in [-0.15, -0.1) is 11.8 Å². The second kappa shape index (κ2) is 9.44. The van der Waals surface area contributed by atoms with E-state index in [0.29, 0.717) is 23.7 Å². The number of benzene rings is 2. The van der Waals surface area contributed by atoms with Crippen molar-refractivity contribution in [2.75, 3.05) is 29.7 Å². The second-order valence-electron chi connectivity index (χ2n) is 7.58. The third kappa shape index (κ3) is 4.98. The van der Waals surface area contributed by atoms with Gasteiger partial charge in [-0.05, 0) is 56.2 Å². The molecular formula is C22H23N3O6S2. The molecule has 1 atom stereocenters. The number of carbonyl (C=O) groups is 3. The van der Waals surface area contributed by atoms with Gasteiger partial charge in [0.15, 0.2) is 5.25 Å². The van der Waals surface area contributed by atoms with Crippen LogP contribution in [0.4, 0.5) is 11.4 Å². The third-order valence-electron chi connectivity index (χ3n) is 5.27. The minimum atomic E-state index is -4.00. The Hall–Kier alpha value is -3.05. The molecule has 0 aromatic heterocycles. The smallest absolute Gasteiger partial charge is 0.338 e. The first-order chi connectivity index (χ1) is 15.8. The molecule has 2 heterocycles. The van der Waals surface area contributed by atoms with Crippen LogP contribution >= 0.6 is 11.8 Å². The molecule has 2 amide bonds. The van der Waals surface area contributed by atoms with Gasteiger partial charge in [-0.2, -0.15) is 0 Å². The van der Waals surface area contributed by atoms with Crippen molar-refractivity contribution in [1.29, 1.82) is 0 Å². The molecule has 174 valence electrons. The van der Waals surface area contributed by atoms with E-state index in [1.54, 1.807) is 24.0 Å². The van der Waals surface area contributed by atoms with Crippen molar-refractivity contribution < 1.29 is 27.5 Å². The molecule has 2 aromatic carbocycles. The summed E-state index contributed by atoms with van der Waals surface area (Å²) in [6.45, 7) is 3.19. The van der Waals surface area contributed by atoms with Crippen molar-refractivity contribution in [2.24, 2.45) is 0 Å². The van der Waals surface area contributed by atoms with Crippen LogP contribution in [0.25, 0.3) is 0 Å². The molecular weight excluding hydrogens is 466 g/mol. The first-order valence-electron chi connectivity index (χ1n) is 10.5. The lowest BCUT2D eigenvalue weighted by Crippen LogP contribution is -2.43. The van der Waals surface area contributed by atoms with E-state index in [2.05, 4.69) is 10.0 Å². The SMILES string of the molecule is CCOC(=O)c1cccc(NS(=O)(=O)c2ccc3c(c2)NC(=O)[C@H](C(=O)N2CCCC2)S3)c1. The van der Waals surface area contributed by atoms with Crippen molar-refractivity contribution in [2.45, 2.75) is 34.8 Å². The summed E-state index contributed by atoms with van der Waals surface area (Å²) in [4.78, 5) is 39.4. The number of anilines is 2. The number of esters is 1. The van der Waals surface area contributed by atoms with Crippen molar-refractivity contribution in [3.63, 3.8) is 0 Å². The van der Waals surface area contributed by atoms with E-state index in [0.717, 1.165) is 24.6 Å². The number of fused-ring (bicyclic) bond motifs is 1. The number of nitrogens with zero attached hydrogens (tertiary/aromatic N) is 1. The van der Waals surface area contributed by atoms with Gasteiger partial charge in [0.05, 0.1) is 22.8 Å². The molecule has 0 saturated carbocycles. The maximum Gasteiger partial charge on any atom is 0.338 e. The highest BCUT2D eigenvalue weighted by atomic mass is 32.2. The van der Waals surface area contributed by atoms with E-state index in [9.17, 15) is 22.8 Å². The number of hydrogen-bond donors (Lipinski definition) is 2. The molecule has 33 heavy (non-hydrogen) atoms. The molecule has 1 fully saturated rings. The van der Waals surface area contributed by atoms with E-state index in [1.807, 2.05) is 0 Å². The molecule has 0 unspecified atom stereocenters. The van der Waals surface area contributed by atoms with Crippen LogP contribution in [-0.2, 0) is 24.3 Å². The number of thioether (sulfide) groups is 1. The van der Waals surface area contributed by atoms with Crippen LogP contribution in [0.3, 0.4) is 0 Å². The Morgan fingerprint density at radius 2 is 1.94 bits per heavy atom. The molecule has 2 N–H and O–H groups in total. The summed E-state index contributed by atoms with van der Waals surface area (Å²) in [5, 5.41) is 1.78. The minimum absolute atomic E-state index is 0.0620. The summed E-state index contributed by atoms with van der Waals surface area (Å²) >= 11 is 1.12. The van der Waals surface area contributed by atoms with E-state index in [1.165, 1.54) is 30.3 Å². The van der Waals surface area contributed by atoms with Gasteiger partial charge < -0.3 is 15.0 Å². The zero-order valence-electron chi connectivity index (χ0n) is 17.9. The van der Waals surface area contributed by atoms with E-state index in [4.69, 9.17) is 4.74 Å². The number of sulfonamides is 1. The fraction of sp³-hybridized carbons (Fsp3) is 0.318. The summed E-state index contributed by atoms with van der Waals surface area (Å²) in [6.07, 6.45) is 1.86. The number of hydrogen-bond acceptors (Lipinski definition) is 7. The highest BCUT2D eigenvalue weighted by Crippen LogP contribution is 2.38. The highest BCUT2D eigenvalue weighted by molar-refractivity contribution is 8.01. The number of rotatable bonds is 6. The van der Waals surface area contributed by atoms with E-state index < -0.39 is 27.1 Å². The van der Waals surface area contributed by atoms with Gasteiger partial charge in [0.25, 0.3) is 10.0 Å². The van der Waals surface area contributed by atoms with Crippen LogP contribution in [-0.4, -0.2) is 56.0 Å². The van der Waals surface area contributed by atoms with Crippen LogP contribution in [0.15, 0.2) is 52.3 Å². The van der Waals surface area contributed by atoms with E-state index in [-0.39, 0.29) is 28.7 Å². The summed E-state index contributed by atoms with van der Waals surface area (Å²) in [6, 6.07) is 10.3. The van der Waals surface area contributed by atoms with Crippen LogP contribution in [0, 0.1) is 0 Å². The summed E-state index contributed by atoms with van der Waals surface area (Å²) in [5.74, 6) is -1.24. The normalized spacial score (nSPS) is 17.8. The summed E-state index contributed by atoms with van der Waals surface area (Å²) in [7, 11) is -4.00. The van der Waals surface area contributed by atoms with Gasteiger partial charge >= 0.3 is 5.97 Å². The van der Waals surface area contributed by atoms with Gasteiger partial charge in [0.1, 0.15) is 0 Å². The number of nitrogens with one attached hydrogen (secondary N) is 2. The molecule has 0 spiro atoms. The van der Waals surface area contributed by atoms with Crippen LogP contribution in [0.5, 0.6) is 0 Å². The molecule has 0 bridgehead atoms.